The molecule has 124 valence electrons. The van der Waals surface area contributed by atoms with Crippen molar-refractivity contribution in [1.82, 2.24) is 9.97 Å². The van der Waals surface area contributed by atoms with Crippen LogP contribution in [0.3, 0.4) is 0 Å². The fourth-order valence-electron chi connectivity index (χ4n) is 3.49. The van der Waals surface area contributed by atoms with Crippen molar-refractivity contribution in [1.29, 1.82) is 0 Å². The number of benzene rings is 2. The number of ether oxygens (including phenoxy) is 1. The Morgan fingerprint density at radius 3 is 2.80 bits per heavy atom. The van der Waals surface area contributed by atoms with Gasteiger partial charge < -0.3 is 4.74 Å². The molecule has 5 rings (SSSR count). The van der Waals surface area contributed by atoms with Gasteiger partial charge in [0.05, 0.1) is 22.9 Å². The van der Waals surface area contributed by atoms with E-state index in [0.29, 0.717) is 6.61 Å². The number of fused-ring (bicyclic) bond motifs is 6. The summed E-state index contributed by atoms with van der Waals surface area (Å²) in [5.74, 6) is 0.880. The van der Waals surface area contributed by atoms with Crippen LogP contribution >= 0.6 is 28.3 Å². The molecule has 5 heteroatoms. The lowest BCUT2D eigenvalue weighted by molar-refractivity contribution is 0.301. The first-order chi connectivity index (χ1) is 11.7. The van der Waals surface area contributed by atoms with Crippen LogP contribution in [0, 0.1) is 6.92 Å². The summed E-state index contributed by atoms with van der Waals surface area (Å²) in [5, 5.41) is 2.31. The Bertz CT molecular complexity index is 1140. The summed E-state index contributed by atoms with van der Waals surface area (Å²) in [6, 6.07) is 14.3. The van der Waals surface area contributed by atoms with E-state index in [9.17, 15) is 0 Å². The summed E-state index contributed by atoms with van der Waals surface area (Å²) in [6.07, 6.45) is 1.87. The number of hydrogen-bond donors (Lipinski definition) is 0. The molecule has 0 N–H and O–H groups in total. The smallest absolute Gasteiger partial charge is 0.129 e. The standard InChI is InChI=1S/C20H13BrN2O.ClH/c1-11-15-10-24-18-7-6-12(21)8-14(18)20(15)23-17-9-22-16-5-3-2-4-13(16)19(11)17;/h2-9H,10H2,1H3;1H. The minimum Gasteiger partial charge on any atom is -0.488 e. The molecule has 2 aromatic carbocycles. The molecule has 0 saturated carbocycles. The van der Waals surface area contributed by atoms with Gasteiger partial charge >= 0.3 is 0 Å². The Morgan fingerprint density at radius 1 is 1.08 bits per heavy atom. The zero-order valence-electron chi connectivity index (χ0n) is 13.4. The van der Waals surface area contributed by atoms with Crippen molar-refractivity contribution in [2.75, 3.05) is 0 Å². The molecule has 3 heterocycles. The SMILES string of the molecule is Cc1c2c(nc3cnc4ccccc4c13)-c1cc(Br)ccc1OC2.Cl. The minimum atomic E-state index is 0. The van der Waals surface area contributed by atoms with Gasteiger partial charge in [0.1, 0.15) is 12.4 Å². The Balaban J connectivity index is 0.00000157. The fourth-order valence-corrected chi connectivity index (χ4v) is 3.85. The lowest BCUT2D eigenvalue weighted by atomic mass is 9.95. The molecule has 0 spiro atoms. The second-order valence-electron chi connectivity index (χ2n) is 6.03. The minimum absolute atomic E-state index is 0. The topological polar surface area (TPSA) is 35.0 Å². The van der Waals surface area contributed by atoms with Gasteiger partial charge in [0.2, 0.25) is 0 Å². The summed E-state index contributed by atoms with van der Waals surface area (Å²) in [6.45, 7) is 2.71. The van der Waals surface area contributed by atoms with Crippen LogP contribution in [0.2, 0.25) is 0 Å². The number of rotatable bonds is 0. The van der Waals surface area contributed by atoms with Crippen LogP contribution < -0.4 is 4.74 Å². The Kier molecular flexibility index (Phi) is 3.89. The Hall–Kier alpha value is -2.17. The molecule has 3 nitrogen and oxygen atoms in total. The van der Waals surface area contributed by atoms with Gasteiger partial charge in [-0.25, -0.2) is 4.98 Å². The molecule has 0 fully saturated rings. The highest BCUT2D eigenvalue weighted by molar-refractivity contribution is 9.10. The predicted molar refractivity (Wildman–Crippen MR) is 106 cm³/mol. The lowest BCUT2D eigenvalue weighted by Gasteiger charge is -2.23. The molecule has 0 amide bonds. The van der Waals surface area contributed by atoms with Gasteiger partial charge in [-0.1, -0.05) is 34.1 Å². The maximum absolute atomic E-state index is 5.97. The second-order valence-corrected chi connectivity index (χ2v) is 6.94. The average Bonchev–Trinajstić information content (AvgIpc) is 2.61. The fraction of sp³-hybridized carbons (Fsp3) is 0.100. The van der Waals surface area contributed by atoms with Crippen molar-refractivity contribution in [2.24, 2.45) is 0 Å². The molecule has 0 radical (unpaired) electrons. The van der Waals surface area contributed by atoms with Crippen LogP contribution in [0.5, 0.6) is 5.75 Å². The van der Waals surface area contributed by atoms with Crippen molar-refractivity contribution in [2.45, 2.75) is 13.5 Å². The zero-order valence-corrected chi connectivity index (χ0v) is 15.8. The monoisotopic (exact) mass is 412 g/mol. The molecule has 0 unspecified atom stereocenters. The van der Waals surface area contributed by atoms with Crippen molar-refractivity contribution in [3.63, 3.8) is 0 Å². The van der Waals surface area contributed by atoms with E-state index < -0.39 is 0 Å². The summed E-state index contributed by atoms with van der Waals surface area (Å²) >= 11 is 3.55. The summed E-state index contributed by atoms with van der Waals surface area (Å²) < 4.78 is 6.99. The zero-order chi connectivity index (χ0) is 16.3. The van der Waals surface area contributed by atoms with Gasteiger partial charge in [0.15, 0.2) is 0 Å². The van der Waals surface area contributed by atoms with E-state index >= 15 is 0 Å². The average molecular weight is 414 g/mol. The summed E-state index contributed by atoms with van der Waals surface area (Å²) in [5.41, 5.74) is 6.33. The molecule has 25 heavy (non-hydrogen) atoms. The summed E-state index contributed by atoms with van der Waals surface area (Å²) in [4.78, 5) is 9.52. The number of hydrogen-bond acceptors (Lipinski definition) is 3. The highest BCUT2D eigenvalue weighted by atomic mass is 79.9. The van der Waals surface area contributed by atoms with Crippen LogP contribution in [0.25, 0.3) is 33.1 Å². The number of aryl methyl sites for hydroxylation is 1. The van der Waals surface area contributed by atoms with E-state index in [2.05, 4.69) is 40.0 Å². The molecule has 0 atom stereocenters. The van der Waals surface area contributed by atoms with E-state index in [1.54, 1.807) is 0 Å². The van der Waals surface area contributed by atoms with E-state index in [-0.39, 0.29) is 12.4 Å². The summed E-state index contributed by atoms with van der Waals surface area (Å²) in [7, 11) is 0. The van der Waals surface area contributed by atoms with E-state index in [1.165, 1.54) is 10.9 Å². The number of pyridine rings is 2. The first-order valence-corrected chi connectivity index (χ1v) is 8.61. The first-order valence-electron chi connectivity index (χ1n) is 7.82. The normalized spacial score (nSPS) is 12.2. The largest absolute Gasteiger partial charge is 0.488 e. The van der Waals surface area contributed by atoms with Crippen LogP contribution in [0.1, 0.15) is 11.1 Å². The third-order valence-electron chi connectivity index (χ3n) is 4.67. The molecule has 4 aromatic rings. The Labute approximate surface area is 159 Å². The molecule has 0 bridgehead atoms. The number of para-hydroxylation sites is 1. The van der Waals surface area contributed by atoms with Gasteiger partial charge in [0.25, 0.3) is 0 Å². The highest BCUT2D eigenvalue weighted by Gasteiger charge is 2.23. The predicted octanol–water partition coefficient (Wildman–Crippen LogP) is 5.84. The maximum Gasteiger partial charge on any atom is 0.129 e. The third kappa shape index (κ3) is 2.40. The van der Waals surface area contributed by atoms with Crippen LogP contribution in [0.15, 0.2) is 53.1 Å². The van der Waals surface area contributed by atoms with E-state index in [4.69, 9.17) is 9.72 Å². The van der Waals surface area contributed by atoms with E-state index in [1.807, 2.05) is 36.5 Å². The molecule has 2 aromatic heterocycles. The van der Waals surface area contributed by atoms with Gasteiger partial charge in [-0.3, -0.25) is 4.98 Å². The van der Waals surface area contributed by atoms with Crippen molar-refractivity contribution in [3.8, 4) is 17.0 Å². The third-order valence-corrected chi connectivity index (χ3v) is 5.16. The van der Waals surface area contributed by atoms with Crippen LogP contribution in [0.4, 0.5) is 0 Å². The van der Waals surface area contributed by atoms with Crippen LogP contribution in [-0.2, 0) is 6.61 Å². The van der Waals surface area contributed by atoms with Crippen molar-refractivity contribution in [3.05, 3.63) is 64.3 Å². The van der Waals surface area contributed by atoms with Gasteiger partial charge in [-0.15, -0.1) is 12.4 Å². The number of aromatic nitrogens is 2. The molecule has 1 aliphatic heterocycles. The van der Waals surface area contributed by atoms with Gasteiger partial charge in [0, 0.05) is 26.4 Å². The van der Waals surface area contributed by atoms with Crippen molar-refractivity contribution >= 4 is 50.1 Å². The molecule has 0 saturated heterocycles. The van der Waals surface area contributed by atoms with Crippen LogP contribution in [-0.4, -0.2) is 9.97 Å². The Morgan fingerprint density at radius 2 is 1.92 bits per heavy atom. The van der Waals surface area contributed by atoms with Gasteiger partial charge in [-0.2, -0.15) is 0 Å². The van der Waals surface area contributed by atoms with Crippen molar-refractivity contribution < 1.29 is 4.74 Å². The lowest BCUT2D eigenvalue weighted by Crippen LogP contribution is -2.10. The van der Waals surface area contributed by atoms with E-state index in [0.717, 1.165) is 43.5 Å². The van der Waals surface area contributed by atoms with Gasteiger partial charge in [-0.05, 0) is 36.8 Å². The highest BCUT2D eigenvalue weighted by Crippen LogP contribution is 2.41. The maximum atomic E-state index is 5.97. The number of halogens is 2. The second kappa shape index (κ2) is 5.97. The number of nitrogens with zero attached hydrogens (tertiary/aromatic N) is 2. The molecule has 1 aliphatic rings. The molecular formula is C20H14BrClN2O. The first kappa shape index (κ1) is 16.3. The molecular weight excluding hydrogens is 400 g/mol. The molecule has 0 aliphatic carbocycles. The quantitative estimate of drug-likeness (QED) is 0.340.